The molecule has 3 fully saturated rings. The molecule has 10 nitrogen and oxygen atoms in total. The van der Waals surface area contributed by atoms with Crippen LogP contribution in [0.4, 0.5) is 0 Å². The average Bonchev–Trinajstić information content (AvgIpc) is 3.15. The fourth-order valence-corrected chi connectivity index (χ4v) is 7.86. The molecule has 2 saturated carbocycles. The van der Waals surface area contributed by atoms with Crippen LogP contribution in [0, 0.1) is 11.3 Å². The van der Waals surface area contributed by atoms with Gasteiger partial charge in [-0.15, -0.1) is 0 Å². The Kier molecular flexibility index (Phi) is 8.44. The Morgan fingerprint density at radius 2 is 1.42 bits per heavy atom. The van der Waals surface area contributed by atoms with Crippen LogP contribution in [0.1, 0.15) is 70.3 Å². The molecule has 1 N–H and O–H groups in total. The van der Waals surface area contributed by atoms with Crippen molar-refractivity contribution < 1.29 is 48.0 Å². The van der Waals surface area contributed by atoms with E-state index in [9.17, 15) is 24.3 Å². The molecule has 2 aromatic carbocycles. The van der Waals surface area contributed by atoms with Crippen molar-refractivity contribution in [3.63, 3.8) is 0 Å². The molecular formula is C35H40O10. The lowest BCUT2D eigenvalue weighted by atomic mass is 9.47. The molecular weight excluding hydrogens is 580 g/mol. The van der Waals surface area contributed by atoms with Crippen molar-refractivity contribution in [2.75, 3.05) is 0 Å². The SMILES string of the molecule is CC(=O)O[C@H]1C[C@](C)(O)[C@]23OC(C)(C)[C@H](C[C@H](OC(=O)c4ccccc4)[C@]2(C)[C@H]1OC(=O)C=Cc1ccccc1)[C@H]3OC(C)=O. The molecule has 0 amide bonds. The van der Waals surface area contributed by atoms with Crippen molar-refractivity contribution in [1.82, 2.24) is 0 Å². The molecule has 2 aliphatic carbocycles. The van der Waals surface area contributed by atoms with Crippen LogP contribution in [0.25, 0.3) is 6.08 Å². The van der Waals surface area contributed by atoms with Crippen LogP contribution in [0.3, 0.4) is 0 Å². The topological polar surface area (TPSA) is 135 Å². The number of hydrogen-bond acceptors (Lipinski definition) is 10. The maximum absolute atomic E-state index is 13.6. The van der Waals surface area contributed by atoms with E-state index in [-0.39, 0.29) is 12.8 Å². The summed E-state index contributed by atoms with van der Waals surface area (Å²) in [4.78, 5) is 52.0. The maximum atomic E-state index is 13.6. The van der Waals surface area contributed by atoms with Crippen LogP contribution in [-0.2, 0) is 38.1 Å². The smallest absolute Gasteiger partial charge is 0.338 e. The largest absolute Gasteiger partial charge is 0.459 e. The molecule has 3 aliphatic rings. The molecule has 1 spiro atoms. The highest BCUT2D eigenvalue weighted by Gasteiger charge is 2.84. The second-order valence-corrected chi connectivity index (χ2v) is 13.1. The third-order valence-corrected chi connectivity index (χ3v) is 9.67. The average molecular weight is 621 g/mol. The number of ether oxygens (including phenoxy) is 5. The highest BCUT2D eigenvalue weighted by molar-refractivity contribution is 5.89. The van der Waals surface area contributed by atoms with Gasteiger partial charge in [-0.25, -0.2) is 9.59 Å². The molecule has 0 aromatic heterocycles. The maximum Gasteiger partial charge on any atom is 0.338 e. The summed E-state index contributed by atoms with van der Waals surface area (Å²) in [6, 6.07) is 17.6. The molecule has 240 valence electrons. The molecule has 0 unspecified atom stereocenters. The first-order valence-electron chi connectivity index (χ1n) is 15.1. The van der Waals surface area contributed by atoms with Gasteiger partial charge in [0.1, 0.15) is 23.9 Å². The summed E-state index contributed by atoms with van der Waals surface area (Å²) in [6.45, 7) is 9.33. The molecule has 1 heterocycles. The van der Waals surface area contributed by atoms with Crippen molar-refractivity contribution in [1.29, 1.82) is 0 Å². The minimum atomic E-state index is -1.82. The predicted octanol–water partition coefficient (Wildman–Crippen LogP) is 4.43. The lowest BCUT2D eigenvalue weighted by molar-refractivity contribution is -0.344. The highest BCUT2D eigenvalue weighted by atomic mass is 16.6. The van der Waals surface area contributed by atoms with Gasteiger partial charge in [0.15, 0.2) is 6.10 Å². The number of aliphatic hydroxyl groups is 1. The third-order valence-electron chi connectivity index (χ3n) is 9.67. The van der Waals surface area contributed by atoms with Crippen molar-refractivity contribution in [2.24, 2.45) is 11.3 Å². The Labute approximate surface area is 262 Å². The van der Waals surface area contributed by atoms with Crippen molar-refractivity contribution in [3.05, 3.63) is 77.9 Å². The first-order valence-corrected chi connectivity index (χ1v) is 15.1. The van der Waals surface area contributed by atoms with Crippen LogP contribution in [-0.4, -0.2) is 70.2 Å². The fraction of sp³-hybridized carbons (Fsp3) is 0.486. The zero-order valence-electron chi connectivity index (χ0n) is 26.4. The van der Waals surface area contributed by atoms with Crippen molar-refractivity contribution in [2.45, 2.75) is 95.6 Å². The van der Waals surface area contributed by atoms with Gasteiger partial charge < -0.3 is 28.8 Å². The zero-order chi connectivity index (χ0) is 32.8. The minimum Gasteiger partial charge on any atom is -0.459 e. The van der Waals surface area contributed by atoms with Gasteiger partial charge in [-0.2, -0.15) is 0 Å². The number of benzene rings is 2. The van der Waals surface area contributed by atoms with E-state index in [0.717, 1.165) is 5.56 Å². The van der Waals surface area contributed by atoms with Gasteiger partial charge in [-0.05, 0) is 57.9 Å². The van der Waals surface area contributed by atoms with E-state index >= 15 is 0 Å². The second kappa shape index (κ2) is 11.7. The van der Waals surface area contributed by atoms with Crippen LogP contribution in [0.5, 0.6) is 0 Å². The van der Waals surface area contributed by atoms with Crippen molar-refractivity contribution >= 4 is 30.0 Å². The Hall–Kier alpha value is -4.02. The first kappa shape index (κ1) is 32.4. The number of fused-ring (bicyclic) bond motifs is 1. The fourth-order valence-electron chi connectivity index (χ4n) is 7.86. The van der Waals surface area contributed by atoms with Crippen LogP contribution in [0.15, 0.2) is 66.7 Å². The number of hydrogen-bond donors (Lipinski definition) is 1. The van der Waals surface area contributed by atoms with E-state index in [0.29, 0.717) is 5.56 Å². The van der Waals surface area contributed by atoms with E-state index in [4.69, 9.17) is 23.7 Å². The lowest BCUT2D eigenvalue weighted by Crippen LogP contribution is -2.81. The van der Waals surface area contributed by atoms with E-state index in [2.05, 4.69) is 0 Å². The summed E-state index contributed by atoms with van der Waals surface area (Å²) in [6.07, 6.45) is -1.76. The second-order valence-electron chi connectivity index (χ2n) is 13.1. The molecule has 2 bridgehead atoms. The van der Waals surface area contributed by atoms with E-state index in [1.165, 1.54) is 26.8 Å². The van der Waals surface area contributed by atoms with Crippen LogP contribution >= 0.6 is 0 Å². The van der Waals surface area contributed by atoms with Crippen molar-refractivity contribution in [3.8, 4) is 0 Å². The normalized spacial score (nSPS) is 34.8. The Balaban J connectivity index is 1.67. The molecule has 8 atom stereocenters. The van der Waals surface area contributed by atoms with E-state index in [1.807, 2.05) is 44.2 Å². The molecule has 1 saturated heterocycles. The quantitative estimate of drug-likeness (QED) is 0.269. The van der Waals surface area contributed by atoms with E-state index in [1.54, 1.807) is 43.3 Å². The zero-order valence-corrected chi connectivity index (χ0v) is 26.4. The summed E-state index contributed by atoms with van der Waals surface area (Å²) in [5.74, 6) is -3.16. The first-order chi connectivity index (χ1) is 21.1. The molecule has 45 heavy (non-hydrogen) atoms. The van der Waals surface area contributed by atoms with Gasteiger partial charge in [-0.3, -0.25) is 9.59 Å². The standard InChI is InChI=1S/C35H40O10/c1-21(36)41-26-20-33(5,40)35-29(42-22(2)37)25(32(3,4)45-35)19-27(43-31(39)24-15-11-8-12-16-24)34(35,6)30(26)44-28(38)18-17-23-13-9-7-10-14-23/h7-18,25-27,29-30,40H,19-20H2,1-6H3/t25-,26+,27+,29-,30+,33+,34-,35+/m1/s1. The molecule has 10 heteroatoms. The summed E-state index contributed by atoms with van der Waals surface area (Å²) in [5, 5.41) is 12.4. The van der Waals surface area contributed by atoms with Gasteiger partial charge >= 0.3 is 23.9 Å². The minimum absolute atomic E-state index is 0.137. The number of carbonyl (C=O) groups is 4. The number of esters is 4. The number of rotatable bonds is 7. The highest BCUT2D eigenvalue weighted by Crippen LogP contribution is 2.69. The molecule has 1 aliphatic heterocycles. The van der Waals surface area contributed by atoms with Crippen LogP contribution in [0.2, 0.25) is 0 Å². The lowest BCUT2D eigenvalue weighted by Gasteiger charge is -2.65. The van der Waals surface area contributed by atoms with Gasteiger partial charge in [0.05, 0.1) is 22.2 Å². The monoisotopic (exact) mass is 620 g/mol. The molecule has 5 rings (SSSR count). The van der Waals surface area contributed by atoms with Gasteiger partial charge in [0.2, 0.25) is 0 Å². The van der Waals surface area contributed by atoms with Gasteiger partial charge in [0.25, 0.3) is 0 Å². The number of carbonyl (C=O) groups excluding carboxylic acids is 4. The summed E-state index contributed by atoms with van der Waals surface area (Å²) >= 11 is 0. The molecule has 2 aromatic rings. The van der Waals surface area contributed by atoms with E-state index < -0.39 is 76.4 Å². The predicted molar refractivity (Wildman–Crippen MR) is 161 cm³/mol. The summed E-state index contributed by atoms with van der Waals surface area (Å²) in [5.41, 5.74) is -5.11. The summed E-state index contributed by atoms with van der Waals surface area (Å²) < 4.78 is 30.9. The van der Waals surface area contributed by atoms with Gasteiger partial charge in [-0.1, -0.05) is 48.5 Å². The Bertz CT molecular complexity index is 1480. The molecule has 0 radical (unpaired) electrons. The Morgan fingerprint density at radius 3 is 2.02 bits per heavy atom. The van der Waals surface area contributed by atoms with Crippen LogP contribution < -0.4 is 0 Å². The Morgan fingerprint density at radius 1 is 0.822 bits per heavy atom. The van der Waals surface area contributed by atoms with Gasteiger partial charge in [0, 0.05) is 32.3 Å². The third kappa shape index (κ3) is 5.55. The summed E-state index contributed by atoms with van der Waals surface area (Å²) in [7, 11) is 0.